The predicted molar refractivity (Wildman–Crippen MR) is 71.7 cm³/mol. The summed E-state index contributed by atoms with van der Waals surface area (Å²) in [6.07, 6.45) is -2.92. The van der Waals surface area contributed by atoms with Crippen LogP contribution in [0.3, 0.4) is 0 Å². The van der Waals surface area contributed by atoms with Gasteiger partial charge in [0, 0.05) is 13.1 Å². The quantitative estimate of drug-likeness (QED) is 0.781. The third-order valence-electron chi connectivity index (χ3n) is 3.57. The molecule has 1 fully saturated rings. The highest BCUT2D eigenvalue weighted by Gasteiger charge is 2.30. The molecule has 0 aromatic heterocycles. The Hall–Kier alpha value is -1.63. The maximum atomic E-state index is 12.8. The average molecular weight is 319 g/mol. The molecule has 1 saturated heterocycles. The summed E-state index contributed by atoms with van der Waals surface area (Å²) >= 11 is 0. The van der Waals surface area contributed by atoms with Crippen LogP contribution < -0.4 is 0 Å². The number of amides is 1. The number of halogens is 4. The minimum atomic E-state index is -4.42. The molecule has 122 valence electrons. The third-order valence-corrected chi connectivity index (χ3v) is 3.57. The summed E-state index contributed by atoms with van der Waals surface area (Å²) in [7, 11) is 0. The third kappa shape index (κ3) is 5.29. The fourth-order valence-electron chi connectivity index (χ4n) is 2.52. The van der Waals surface area contributed by atoms with Crippen molar-refractivity contribution in [2.24, 2.45) is 5.92 Å². The second kappa shape index (κ2) is 7.09. The van der Waals surface area contributed by atoms with Crippen molar-refractivity contribution in [3.63, 3.8) is 0 Å². The molecule has 0 spiro atoms. The summed E-state index contributed by atoms with van der Waals surface area (Å²) in [6.45, 7) is -0.958. The van der Waals surface area contributed by atoms with E-state index >= 15 is 0 Å². The molecule has 1 atom stereocenters. The summed E-state index contributed by atoms with van der Waals surface area (Å²) in [5, 5.41) is 0. The van der Waals surface area contributed by atoms with Gasteiger partial charge in [0.2, 0.25) is 5.91 Å². The maximum absolute atomic E-state index is 12.8. The number of rotatable bonds is 5. The molecule has 22 heavy (non-hydrogen) atoms. The molecule has 1 unspecified atom stereocenters. The first kappa shape index (κ1) is 16.7. The Kier molecular flexibility index (Phi) is 5.39. The van der Waals surface area contributed by atoms with E-state index in [0.717, 1.165) is 12.0 Å². The monoisotopic (exact) mass is 319 g/mol. The topological polar surface area (TPSA) is 29.5 Å². The van der Waals surface area contributed by atoms with Crippen LogP contribution in [0.2, 0.25) is 0 Å². The van der Waals surface area contributed by atoms with E-state index in [4.69, 9.17) is 0 Å². The van der Waals surface area contributed by atoms with Crippen molar-refractivity contribution >= 4 is 5.91 Å². The van der Waals surface area contributed by atoms with Crippen LogP contribution in [0.5, 0.6) is 0 Å². The van der Waals surface area contributed by atoms with Gasteiger partial charge in [-0.25, -0.2) is 4.39 Å². The Bertz CT molecular complexity index is 501. The number of carbonyl (C=O) groups excluding carboxylic acids is 1. The molecule has 3 nitrogen and oxygen atoms in total. The van der Waals surface area contributed by atoms with E-state index < -0.39 is 25.3 Å². The number of hydrogen-bond acceptors (Lipinski definition) is 2. The smallest absolute Gasteiger partial charge is 0.362 e. The number of alkyl halides is 3. The standard InChI is InChI=1S/C15H17F4NO2/c16-13-3-1-11(2-4-13)7-12-5-6-20(8-12)14(21)9-22-10-15(17,18)19/h1-4,12H,5-10H2. The molecular weight excluding hydrogens is 302 g/mol. The van der Waals surface area contributed by atoms with Gasteiger partial charge < -0.3 is 9.64 Å². The molecular formula is C15H17F4NO2. The number of benzene rings is 1. The maximum Gasteiger partial charge on any atom is 0.411 e. The molecule has 0 N–H and O–H groups in total. The van der Waals surface area contributed by atoms with Crippen molar-refractivity contribution in [3.05, 3.63) is 35.6 Å². The van der Waals surface area contributed by atoms with Gasteiger partial charge in [0.05, 0.1) is 0 Å². The van der Waals surface area contributed by atoms with E-state index in [1.807, 2.05) is 0 Å². The van der Waals surface area contributed by atoms with E-state index in [1.165, 1.54) is 17.0 Å². The summed E-state index contributed by atoms with van der Waals surface area (Å²) in [5.41, 5.74) is 0.981. The van der Waals surface area contributed by atoms with Gasteiger partial charge in [0.25, 0.3) is 0 Å². The van der Waals surface area contributed by atoms with Crippen LogP contribution in [0.1, 0.15) is 12.0 Å². The Morgan fingerprint density at radius 3 is 2.59 bits per heavy atom. The Balaban J connectivity index is 1.75. The van der Waals surface area contributed by atoms with E-state index in [0.29, 0.717) is 19.5 Å². The van der Waals surface area contributed by atoms with Crippen LogP contribution in [0, 0.1) is 11.7 Å². The zero-order chi connectivity index (χ0) is 16.2. The van der Waals surface area contributed by atoms with Crippen LogP contribution in [0.15, 0.2) is 24.3 Å². The lowest BCUT2D eigenvalue weighted by Crippen LogP contribution is -2.33. The Labute approximate surface area is 125 Å². The van der Waals surface area contributed by atoms with Crippen molar-refractivity contribution in [3.8, 4) is 0 Å². The van der Waals surface area contributed by atoms with Crippen LogP contribution >= 0.6 is 0 Å². The van der Waals surface area contributed by atoms with Gasteiger partial charge in [-0.1, -0.05) is 12.1 Å². The van der Waals surface area contributed by atoms with E-state index in [9.17, 15) is 22.4 Å². The second-order valence-corrected chi connectivity index (χ2v) is 5.43. The zero-order valence-corrected chi connectivity index (χ0v) is 11.9. The molecule has 1 amide bonds. The largest absolute Gasteiger partial charge is 0.411 e. The summed E-state index contributed by atoms with van der Waals surface area (Å²) < 4.78 is 53.0. The van der Waals surface area contributed by atoms with Gasteiger partial charge in [-0.05, 0) is 36.5 Å². The molecule has 1 aromatic rings. The van der Waals surface area contributed by atoms with Crippen molar-refractivity contribution in [2.75, 3.05) is 26.3 Å². The molecule has 0 radical (unpaired) electrons. The Morgan fingerprint density at radius 2 is 1.95 bits per heavy atom. The summed E-state index contributed by atoms with van der Waals surface area (Å²) in [5.74, 6) is -0.489. The molecule has 1 heterocycles. The van der Waals surface area contributed by atoms with Crippen LogP contribution in [0.25, 0.3) is 0 Å². The average Bonchev–Trinajstić information content (AvgIpc) is 2.88. The SMILES string of the molecule is O=C(COCC(F)(F)F)N1CCC(Cc2ccc(F)cc2)C1. The minimum Gasteiger partial charge on any atom is -0.362 e. The molecule has 0 aliphatic carbocycles. The normalized spacial score (nSPS) is 18.7. The minimum absolute atomic E-state index is 0.233. The number of nitrogens with zero attached hydrogens (tertiary/aromatic N) is 1. The molecule has 1 aromatic carbocycles. The highest BCUT2D eigenvalue weighted by atomic mass is 19.4. The lowest BCUT2D eigenvalue weighted by Gasteiger charge is -2.17. The highest BCUT2D eigenvalue weighted by molar-refractivity contribution is 5.77. The lowest BCUT2D eigenvalue weighted by molar-refractivity contribution is -0.177. The second-order valence-electron chi connectivity index (χ2n) is 5.43. The number of hydrogen-bond donors (Lipinski definition) is 0. The highest BCUT2D eigenvalue weighted by Crippen LogP contribution is 2.21. The van der Waals surface area contributed by atoms with Crippen molar-refractivity contribution in [1.29, 1.82) is 0 Å². The van der Waals surface area contributed by atoms with Crippen LogP contribution in [-0.2, 0) is 16.0 Å². The molecule has 0 bridgehead atoms. The fraction of sp³-hybridized carbons (Fsp3) is 0.533. The molecule has 2 rings (SSSR count). The van der Waals surface area contributed by atoms with Gasteiger partial charge in [-0.15, -0.1) is 0 Å². The van der Waals surface area contributed by atoms with Crippen molar-refractivity contribution < 1.29 is 27.1 Å². The van der Waals surface area contributed by atoms with Crippen molar-refractivity contribution in [2.45, 2.75) is 19.0 Å². The molecule has 7 heteroatoms. The molecule has 0 saturated carbocycles. The zero-order valence-electron chi connectivity index (χ0n) is 11.9. The summed E-state index contributed by atoms with van der Waals surface area (Å²) in [6, 6.07) is 6.18. The van der Waals surface area contributed by atoms with Gasteiger partial charge in [-0.2, -0.15) is 13.2 Å². The molecule has 1 aliphatic heterocycles. The first-order valence-corrected chi connectivity index (χ1v) is 7.00. The lowest BCUT2D eigenvalue weighted by atomic mass is 9.99. The van der Waals surface area contributed by atoms with Crippen molar-refractivity contribution in [1.82, 2.24) is 4.90 Å². The van der Waals surface area contributed by atoms with Crippen LogP contribution in [0.4, 0.5) is 17.6 Å². The number of carbonyl (C=O) groups is 1. The first-order valence-electron chi connectivity index (χ1n) is 7.00. The van der Waals surface area contributed by atoms with E-state index in [-0.39, 0.29) is 11.7 Å². The van der Waals surface area contributed by atoms with Gasteiger partial charge in [0.15, 0.2) is 0 Å². The van der Waals surface area contributed by atoms with Crippen LogP contribution in [-0.4, -0.2) is 43.3 Å². The number of ether oxygens (including phenoxy) is 1. The van der Waals surface area contributed by atoms with Gasteiger partial charge in [0.1, 0.15) is 19.0 Å². The number of likely N-dealkylation sites (tertiary alicyclic amines) is 1. The van der Waals surface area contributed by atoms with Gasteiger partial charge in [-0.3, -0.25) is 4.79 Å². The van der Waals surface area contributed by atoms with E-state index in [2.05, 4.69) is 4.74 Å². The first-order chi connectivity index (χ1) is 10.3. The van der Waals surface area contributed by atoms with Gasteiger partial charge >= 0.3 is 6.18 Å². The molecule has 1 aliphatic rings. The van der Waals surface area contributed by atoms with E-state index in [1.54, 1.807) is 12.1 Å². The fourth-order valence-corrected chi connectivity index (χ4v) is 2.52. The Morgan fingerprint density at radius 1 is 1.27 bits per heavy atom. The predicted octanol–water partition coefficient (Wildman–Crippen LogP) is 2.80. The summed E-state index contributed by atoms with van der Waals surface area (Å²) in [4.78, 5) is 13.3.